The van der Waals surface area contributed by atoms with E-state index in [0.717, 1.165) is 73.1 Å². The summed E-state index contributed by atoms with van der Waals surface area (Å²) in [6.07, 6.45) is 1.50. The molecule has 1 aromatic heterocycles. The quantitative estimate of drug-likeness (QED) is 0.176. The van der Waals surface area contributed by atoms with Crippen molar-refractivity contribution < 1.29 is 5.11 Å². The molecule has 0 bridgehead atoms. The number of nitrogens with one attached hydrogen (secondary N) is 1. The second-order valence-corrected chi connectivity index (χ2v) is 13.7. The van der Waals surface area contributed by atoms with Crippen LogP contribution in [0.3, 0.4) is 0 Å². The highest BCUT2D eigenvalue weighted by Gasteiger charge is 2.30. The molecule has 0 spiro atoms. The summed E-state index contributed by atoms with van der Waals surface area (Å²) in [5.41, 5.74) is 11.4. The van der Waals surface area contributed by atoms with Crippen LogP contribution in [-0.4, -0.2) is 15.5 Å². The molecule has 6 heteroatoms. The number of aliphatic hydroxyl groups is 1. The van der Waals surface area contributed by atoms with Crippen LogP contribution in [0.25, 0.3) is 33.2 Å². The van der Waals surface area contributed by atoms with Gasteiger partial charge in [0.05, 0.1) is 34.1 Å². The van der Waals surface area contributed by atoms with Crippen molar-refractivity contribution in [2.24, 2.45) is 4.99 Å². The molecule has 6 nitrogen and oxygen atoms in total. The first kappa shape index (κ1) is 31.7. The number of aliphatic hydroxyl groups excluding tert-OH is 1. The lowest BCUT2D eigenvalue weighted by atomic mass is 9.92. The van der Waals surface area contributed by atoms with Crippen molar-refractivity contribution in [2.75, 3.05) is 4.90 Å². The average Bonchev–Trinajstić information content (AvgIpc) is 3.24. The molecule has 1 unspecified atom stereocenters. The van der Waals surface area contributed by atoms with Crippen molar-refractivity contribution >= 4 is 50.4 Å². The Morgan fingerprint density at radius 3 is 1.69 bits per heavy atom. The van der Waals surface area contributed by atoms with Crippen molar-refractivity contribution in [3.8, 4) is 5.69 Å². The van der Waals surface area contributed by atoms with Crippen LogP contribution in [0.1, 0.15) is 40.0 Å². The molecule has 0 saturated heterocycles. The molecule has 0 amide bonds. The van der Waals surface area contributed by atoms with Gasteiger partial charge in [-0.25, -0.2) is 4.99 Å². The van der Waals surface area contributed by atoms with E-state index < -0.39 is 6.10 Å². The summed E-state index contributed by atoms with van der Waals surface area (Å²) in [7, 11) is 0. The number of para-hydroxylation sites is 4. The molecule has 2 N–H and O–H groups in total. The molecule has 0 aliphatic carbocycles. The second-order valence-electron chi connectivity index (χ2n) is 13.7. The van der Waals surface area contributed by atoms with Crippen molar-refractivity contribution in [1.82, 2.24) is 9.88 Å². The topological polar surface area (TPSA) is 69.9 Å². The van der Waals surface area contributed by atoms with E-state index in [1.165, 1.54) is 0 Å². The number of rotatable bonds is 5. The lowest BCUT2D eigenvalue weighted by Gasteiger charge is -2.36. The van der Waals surface area contributed by atoms with Gasteiger partial charge in [0.2, 0.25) is 0 Å². The number of benzene rings is 7. The van der Waals surface area contributed by atoms with Gasteiger partial charge in [-0.05, 0) is 84.4 Å². The number of nitrogens with zero attached hydrogens (tertiary/aromatic N) is 3. The Kier molecular flexibility index (Phi) is 7.56. The zero-order valence-corrected chi connectivity index (χ0v) is 29.2. The van der Waals surface area contributed by atoms with E-state index in [1.807, 2.05) is 91.0 Å². The molecule has 2 aliphatic rings. The van der Waals surface area contributed by atoms with Crippen LogP contribution >= 0.6 is 0 Å². The third-order valence-electron chi connectivity index (χ3n) is 10.6. The van der Waals surface area contributed by atoms with Gasteiger partial charge in [0.25, 0.3) is 0 Å². The molecule has 8 aromatic rings. The maximum atomic E-state index is 13.4. The lowest BCUT2D eigenvalue weighted by Crippen LogP contribution is -2.31. The average molecular weight is 699 g/mol. The van der Waals surface area contributed by atoms with E-state index in [0.29, 0.717) is 10.8 Å². The van der Waals surface area contributed by atoms with Gasteiger partial charge >= 0.3 is 0 Å². The molecule has 1 atom stereocenters. The standard InChI is InChI=1S/C48H34N4O2/c53-46-36-14-4-8-18-42(36)51(43-19-9-5-15-37(43)46)34-26-22-32(23-27-34)41-30-40(31-12-2-1-3-13-31)49-48(50-41)33-24-28-35(29-25-33)52-44-20-10-6-16-38(44)47(54)39-17-7-11-21-45(39)52/h1-30,40,47,54H,(H,49,50). The van der Waals surface area contributed by atoms with Gasteiger partial charge in [-0.1, -0.05) is 103 Å². The summed E-state index contributed by atoms with van der Waals surface area (Å²) in [6, 6.07) is 58.9. The lowest BCUT2D eigenvalue weighted by molar-refractivity contribution is 0.219. The van der Waals surface area contributed by atoms with Crippen molar-refractivity contribution in [2.45, 2.75) is 12.1 Å². The fourth-order valence-electron chi connectivity index (χ4n) is 7.93. The van der Waals surface area contributed by atoms with E-state index in [1.54, 1.807) is 0 Å². The largest absolute Gasteiger partial charge is 0.383 e. The maximum absolute atomic E-state index is 13.4. The minimum atomic E-state index is -0.682. The monoisotopic (exact) mass is 698 g/mol. The summed E-state index contributed by atoms with van der Waals surface area (Å²) in [5.74, 6) is 0.782. The summed E-state index contributed by atoms with van der Waals surface area (Å²) in [4.78, 5) is 20.8. The summed E-state index contributed by atoms with van der Waals surface area (Å²) < 4.78 is 2.16. The summed E-state index contributed by atoms with van der Waals surface area (Å²) in [5, 5.41) is 16.3. The van der Waals surface area contributed by atoms with E-state index in [4.69, 9.17) is 4.99 Å². The number of aromatic nitrogens is 1. The SMILES string of the molecule is O=c1c2ccccc2n(-c2ccc(C3=CC(c4ccccc4)NC(c4ccc(N5c6ccccc6C(O)c6ccccc65)cc4)=N3)cc2)c2ccccc12. The van der Waals surface area contributed by atoms with Gasteiger partial charge in [0.15, 0.2) is 5.43 Å². The number of fused-ring (bicyclic) bond motifs is 4. The summed E-state index contributed by atoms with van der Waals surface area (Å²) in [6.45, 7) is 0. The molecular formula is C48H34N4O2. The normalized spacial score (nSPS) is 15.3. The molecule has 0 radical (unpaired) electrons. The smallest absolute Gasteiger partial charge is 0.197 e. The Hall–Kier alpha value is -7.02. The predicted molar refractivity (Wildman–Crippen MR) is 219 cm³/mol. The molecule has 10 rings (SSSR count). The molecule has 258 valence electrons. The van der Waals surface area contributed by atoms with Crippen molar-refractivity contribution in [3.05, 3.63) is 220 Å². The minimum absolute atomic E-state index is 0.0418. The highest BCUT2D eigenvalue weighted by atomic mass is 16.3. The third-order valence-corrected chi connectivity index (χ3v) is 10.6. The van der Waals surface area contributed by atoms with Crippen molar-refractivity contribution in [1.29, 1.82) is 0 Å². The van der Waals surface area contributed by atoms with Crippen LogP contribution < -0.4 is 15.6 Å². The highest BCUT2D eigenvalue weighted by Crippen LogP contribution is 2.48. The first-order chi connectivity index (χ1) is 26.6. The van der Waals surface area contributed by atoms with Crippen molar-refractivity contribution in [3.63, 3.8) is 0 Å². The number of pyridine rings is 1. The fraction of sp³-hybridized carbons (Fsp3) is 0.0417. The van der Waals surface area contributed by atoms with E-state index in [2.05, 4.69) is 106 Å². The Bertz CT molecular complexity index is 2730. The summed E-state index contributed by atoms with van der Waals surface area (Å²) >= 11 is 0. The Labute approximate surface area is 312 Å². The Morgan fingerprint density at radius 2 is 1.06 bits per heavy atom. The van der Waals surface area contributed by atoms with Gasteiger partial charge in [0, 0.05) is 44.4 Å². The molecule has 0 fully saturated rings. The molecule has 2 aliphatic heterocycles. The van der Waals surface area contributed by atoms with Gasteiger partial charge in [0.1, 0.15) is 11.9 Å². The zero-order valence-electron chi connectivity index (χ0n) is 29.2. The molecular weight excluding hydrogens is 665 g/mol. The minimum Gasteiger partial charge on any atom is -0.383 e. The number of anilines is 3. The van der Waals surface area contributed by atoms with Crippen LogP contribution in [0.15, 0.2) is 192 Å². The number of aliphatic imine (C=N–C) groups is 1. The third kappa shape index (κ3) is 5.23. The Balaban J connectivity index is 1.04. The first-order valence-corrected chi connectivity index (χ1v) is 18.1. The second kappa shape index (κ2) is 12.9. The Morgan fingerprint density at radius 1 is 0.537 bits per heavy atom. The van der Waals surface area contributed by atoms with Crippen LogP contribution in [0.4, 0.5) is 17.1 Å². The van der Waals surface area contributed by atoms with Gasteiger partial charge in [-0.2, -0.15) is 0 Å². The number of amidine groups is 1. The predicted octanol–water partition coefficient (Wildman–Crippen LogP) is 10.1. The van der Waals surface area contributed by atoms with Crippen LogP contribution in [0.2, 0.25) is 0 Å². The van der Waals surface area contributed by atoms with E-state index in [-0.39, 0.29) is 11.5 Å². The van der Waals surface area contributed by atoms with E-state index >= 15 is 0 Å². The fourth-order valence-corrected chi connectivity index (χ4v) is 7.93. The maximum Gasteiger partial charge on any atom is 0.197 e. The van der Waals surface area contributed by atoms with Crippen LogP contribution in [-0.2, 0) is 0 Å². The number of hydrogen-bond acceptors (Lipinski definition) is 5. The van der Waals surface area contributed by atoms with Crippen LogP contribution in [0, 0.1) is 0 Å². The highest BCUT2D eigenvalue weighted by molar-refractivity contribution is 6.04. The van der Waals surface area contributed by atoms with Gasteiger partial charge < -0.3 is 19.9 Å². The molecule has 54 heavy (non-hydrogen) atoms. The molecule has 0 saturated carbocycles. The zero-order chi connectivity index (χ0) is 36.2. The molecule has 7 aromatic carbocycles. The van der Waals surface area contributed by atoms with Crippen LogP contribution in [0.5, 0.6) is 0 Å². The van der Waals surface area contributed by atoms with E-state index in [9.17, 15) is 9.90 Å². The molecule has 3 heterocycles. The van der Waals surface area contributed by atoms with Gasteiger partial charge in [-0.15, -0.1) is 0 Å². The number of hydrogen-bond donors (Lipinski definition) is 2. The van der Waals surface area contributed by atoms with Gasteiger partial charge in [-0.3, -0.25) is 4.79 Å². The first-order valence-electron chi connectivity index (χ1n) is 18.1.